The van der Waals surface area contributed by atoms with Crippen LogP contribution in [0.3, 0.4) is 0 Å². The van der Waals surface area contributed by atoms with Crippen LogP contribution in [0, 0.1) is 11.3 Å². The molecule has 0 aromatic heterocycles. The molecule has 0 atom stereocenters. The highest BCUT2D eigenvalue weighted by molar-refractivity contribution is 6.43. The largest absolute Gasteiger partial charge is 0.393 e. The topological polar surface area (TPSA) is 42.2 Å². The molecule has 0 spiro atoms. The number of rotatable bonds is 6. The van der Waals surface area contributed by atoms with Crippen LogP contribution in [0.25, 0.3) is 0 Å². The van der Waals surface area contributed by atoms with Crippen molar-refractivity contribution in [2.24, 2.45) is 0 Å². The minimum absolute atomic E-state index is 0.673. The van der Waals surface area contributed by atoms with E-state index in [1.807, 2.05) is 32.0 Å². The Labute approximate surface area is 98.5 Å². The molecule has 0 unspecified atom stereocenters. The molecule has 1 radical (unpaired) electrons. The fourth-order valence-corrected chi connectivity index (χ4v) is 2.87. The molecule has 3 nitrogen and oxygen atoms in total. The molecule has 1 rings (SSSR count). The van der Waals surface area contributed by atoms with Gasteiger partial charge in [-0.25, -0.2) is 0 Å². The lowest BCUT2D eigenvalue weighted by Crippen LogP contribution is -2.26. The maximum Gasteiger partial charge on any atom is 0.389 e. The Morgan fingerprint density at radius 3 is 2.50 bits per heavy atom. The van der Waals surface area contributed by atoms with Gasteiger partial charge >= 0.3 is 9.28 Å². The van der Waals surface area contributed by atoms with Crippen LogP contribution < -0.4 is 0 Å². The van der Waals surface area contributed by atoms with E-state index in [2.05, 4.69) is 6.07 Å². The maximum absolute atomic E-state index is 8.80. The Kier molecular flexibility index (Phi) is 5.79. The number of hydrogen-bond donors (Lipinski definition) is 0. The minimum Gasteiger partial charge on any atom is -0.393 e. The van der Waals surface area contributed by atoms with E-state index < -0.39 is 9.28 Å². The molecule has 0 N–H and O–H groups in total. The van der Waals surface area contributed by atoms with Gasteiger partial charge in [0.05, 0.1) is 11.6 Å². The van der Waals surface area contributed by atoms with E-state index >= 15 is 0 Å². The van der Waals surface area contributed by atoms with Gasteiger partial charge in [-0.3, -0.25) is 0 Å². The minimum atomic E-state index is -1.23. The molecule has 0 aliphatic carbocycles. The highest BCUT2D eigenvalue weighted by atomic mass is 28.3. The van der Waals surface area contributed by atoms with E-state index in [1.54, 1.807) is 6.07 Å². The van der Waals surface area contributed by atoms with Crippen LogP contribution in [-0.4, -0.2) is 22.5 Å². The summed E-state index contributed by atoms with van der Waals surface area (Å²) < 4.78 is 11.1. The molecule has 0 aliphatic rings. The lowest BCUT2D eigenvalue weighted by Gasteiger charge is -2.13. The van der Waals surface area contributed by atoms with Crippen LogP contribution in [0.2, 0.25) is 0 Å². The van der Waals surface area contributed by atoms with Crippen LogP contribution in [0.15, 0.2) is 24.3 Å². The molecule has 0 saturated heterocycles. The maximum atomic E-state index is 8.80. The Hall–Kier alpha value is -1.15. The normalized spacial score (nSPS) is 10.4. The van der Waals surface area contributed by atoms with Crippen molar-refractivity contribution < 1.29 is 8.85 Å². The van der Waals surface area contributed by atoms with Gasteiger partial charge in [-0.05, 0) is 31.5 Å². The summed E-state index contributed by atoms with van der Waals surface area (Å²) in [6.45, 7) is 5.28. The molecule has 0 fully saturated rings. The van der Waals surface area contributed by atoms with Crippen molar-refractivity contribution in [1.29, 1.82) is 5.26 Å². The van der Waals surface area contributed by atoms with E-state index in [4.69, 9.17) is 14.1 Å². The standard InChI is InChI=1S/C12H16NO2Si/c1-3-14-16(15-4-2)10-12-7-5-6-11(8-12)9-13/h5-8H,3-4,10H2,1-2H3. The predicted octanol–water partition coefficient (Wildman–Crippen LogP) is 2.20. The molecule has 1 aromatic carbocycles. The lowest BCUT2D eigenvalue weighted by atomic mass is 10.2. The highest BCUT2D eigenvalue weighted by Gasteiger charge is 2.15. The quantitative estimate of drug-likeness (QED) is 0.709. The van der Waals surface area contributed by atoms with Crippen molar-refractivity contribution in [2.75, 3.05) is 13.2 Å². The van der Waals surface area contributed by atoms with E-state index in [9.17, 15) is 0 Å². The first kappa shape index (κ1) is 12.9. The second kappa shape index (κ2) is 7.18. The third kappa shape index (κ3) is 4.15. The zero-order chi connectivity index (χ0) is 11.8. The number of nitrogens with zero attached hydrogens (tertiary/aromatic N) is 1. The SMILES string of the molecule is CCO[Si](Cc1cccc(C#N)c1)OCC. The van der Waals surface area contributed by atoms with Gasteiger partial charge in [0.15, 0.2) is 0 Å². The molecule has 16 heavy (non-hydrogen) atoms. The van der Waals surface area contributed by atoms with Crippen molar-refractivity contribution >= 4 is 9.28 Å². The number of benzene rings is 1. The molecule has 0 bridgehead atoms. The first-order valence-corrected chi connectivity index (χ1v) is 6.93. The molecule has 85 valence electrons. The van der Waals surface area contributed by atoms with Gasteiger partial charge in [-0.15, -0.1) is 0 Å². The van der Waals surface area contributed by atoms with E-state index in [-0.39, 0.29) is 0 Å². The number of nitriles is 1. The van der Waals surface area contributed by atoms with Crippen LogP contribution in [0.1, 0.15) is 25.0 Å². The fourth-order valence-electron chi connectivity index (χ4n) is 1.38. The average Bonchev–Trinajstić information content (AvgIpc) is 2.30. The van der Waals surface area contributed by atoms with Crippen molar-refractivity contribution in [1.82, 2.24) is 0 Å². The summed E-state index contributed by atoms with van der Waals surface area (Å²) in [6, 6.07) is 10.5. The molecule has 1 aromatic rings. The van der Waals surface area contributed by atoms with E-state index in [0.717, 1.165) is 11.6 Å². The molecule has 0 heterocycles. The van der Waals surface area contributed by atoms with E-state index in [0.29, 0.717) is 18.8 Å². The van der Waals surface area contributed by atoms with Gasteiger partial charge in [-0.1, -0.05) is 12.1 Å². The summed E-state index contributed by atoms with van der Waals surface area (Å²) in [6.07, 6.45) is 0. The summed E-state index contributed by atoms with van der Waals surface area (Å²) in [7, 11) is -1.23. The number of hydrogen-bond acceptors (Lipinski definition) is 3. The Morgan fingerprint density at radius 2 is 1.94 bits per heavy atom. The smallest absolute Gasteiger partial charge is 0.389 e. The van der Waals surface area contributed by atoms with Gasteiger partial charge in [-0.2, -0.15) is 5.26 Å². The summed E-state index contributed by atoms with van der Waals surface area (Å²) in [5.41, 5.74) is 1.79. The predicted molar refractivity (Wildman–Crippen MR) is 63.9 cm³/mol. The second-order valence-electron chi connectivity index (χ2n) is 3.23. The average molecular weight is 234 g/mol. The van der Waals surface area contributed by atoms with Gasteiger partial charge < -0.3 is 8.85 Å². The first-order valence-electron chi connectivity index (χ1n) is 5.40. The zero-order valence-corrected chi connectivity index (χ0v) is 10.7. The Balaban J connectivity index is 2.65. The van der Waals surface area contributed by atoms with E-state index in [1.165, 1.54) is 0 Å². The first-order chi connectivity index (χ1) is 7.80. The summed E-state index contributed by atoms with van der Waals surface area (Å²) in [5.74, 6) is 0. The van der Waals surface area contributed by atoms with Crippen LogP contribution >= 0.6 is 0 Å². The van der Waals surface area contributed by atoms with Crippen LogP contribution in [-0.2, 0) is 14.9 Å². The second-order valence-corrected chi connectivity index (χ2v) is 4.90. The molecule has 0 amide bonds. The zero-order valence-electron chi connectivity index (χ0n) is 9.69. The lowest BCUT2D eigenvalue weighted by molar-refractivity contribution is 0.213. The van der Waals surface area contributed by atoms with Crippen molar-refractivity contribution in [2.45, 2.75) is 19.9 Å². The van der Waals surface area contributed by atoms with Crippen molar-refractivity contribution in [3.05, 3.63) is 35.4 Å². The van der Waals surface area contributed by atoms with Gasteiger partial charge in [0, 0.05) is 19.3 Å². The van der Waals surface area contributed by atoms with Gasteiger partial charge in [0.25, 0.3) is 0 Å². The third-order valence-corrected chi connectivity index (χ3v) is 3.93. The Morgan fingerprint density at radius 1 is 1.25 bits per heavy atom. The van der Waals surface area contributed by atoms with Gasteiger partial charge in [0.2, 0.25) is 0 Å². The third-order valence-electron chi connectivity index (χ3n) is 2.02. The summed E-state index contributed by atoms with van der Waals surface area (Å²) in [5, 5.41) is 8.80. The molecule has 0 aliphatic heterocycles. The molecular weight excluding hydrogens is 218 g/mol. The molecule has 0 saturated carbocycles. The summed E-state index contributed by atoms with van der Waals surface area (Å²) >= 11 is 0. The van der Waals surface area contributed by atoms with Crippen LogP contribution in [0.4, 0.5) is 0 Å². The highest BCUT2D eigenvalue weighted by Crippen LogP contribution is 2.07. The van der Waals surface area contributed by atoms with Crippen molar-refractivity contribution in [3.63, 3.8) is 0 Å². The summed E-state index contributed by atoms with van der Waals surface area (Å²) in [4.78, 5) is 0. The Bertz CT molecular complexity index is 356. The van der Waals surface area contributed by atoms with Gasteiger partial charge in [0.1, 0.15) is 0 Å². The monoisotopic (exact) mass is 234 g/mol. The van der Waals surface area contributed by atoms with Crippen molar-refractivity contribution in [3.8, 4) is 6.07 Å². The van der Waals surface area contributed by atoms with Crippen LogP contribution in [0.5, 0.6) is 0 Å². The fraction of sp³-hybridized carbons (Fsp3) is 0.417. The molecular formula is C12H16NO2Si. The molecule has 4 heteroatoms.